The van der Waals surface area contributed by atoms with Gasteiger partial charge in [-0.15, -0.1) is 0 Å². The van der Waals surface area contributed by atoms with Gasteiger partial charge in [0.15, 0.2) is 0 Å². The summed E-state index contributed by atoms with van der Waals surface area (Å²) in [5, 5.41) is 4.24. The Hall–Kier alpha value is -0.830. The standard InChI is InChI=1S/C16H24ClN3/c1-10-13(17)19-15(11-6-7-11)20-14(10)18-12-5-4-8-16(2,3)9-12/h11-12H,4-9H2,1-3H3,(H,18,19,20). The van der Waals surface area contributed by atoms with Gasteiger partial charge in [-0.3, -0.25) is 0 Å². The Morgan fingerprint density at radius 1 is 1.20 bits per heavy atom. The first-order valence-electron chi connectivity index (χ1n) is 7.75. The molecule has 2 aliphatic carbocycles. The first-order chi connectivity index (χ1) is 9.44. The molecular formula is C16H24ClN3. The summed E-state index contributed by atoms with van der Waals surface area (Å²) in [6.07, 6.45) is 7.45. The molecule has 2 aliphatic rings. The molecule has 1 aromatic rings. The van der Waals surface area contributed by atoms with Crippen molar-refractivity contribution >= 4 is 17.4 Å². The van der Waals surface area contributed by atoms with Gasteiger partial charge in [0, 0.05) is 17.5 Å². The maximum atomic E-state index is 6.27. The summed E-state index contributed by atoms with van der Waals surface area (Å²) in [5.74, 6) is 2.42. The van der Waals surface area contributed by atoms with Gasteiger partial charge in [-0.2, -0.15) is 0 Å². The Morgan fingerprint density at radius 2 is 1.95 bits per heavy atom. The minimum Gasteiger partial charge on any atom is -0.367 e. The van der Waals surface area contributed by atoms with E-state index in [0.29, 0.717) is 22.5 Å². The molecule has 0 aliphatic heterocycles. The fourth-order valence-electron chi connectivity index (χ4n) is 3.18. The number of anilines is 1. The van der Waals surface area contributed by atoms with Gasteiger partial charge < -0.3 is 5.32 Å². The summed E-state index contributed by atoms with van der Waals surface area (Å²) in [5.41, 5.74) is 1.42. The molecule has 0 spiro atoms. The molecule has 1 unspecified atom stereocenters. The maximum Gasteiger partial charge on any atom is 0.137 e. The lowest BCUT2D eigenvalue weighted by molar-refractivity contribution is 0.229. The van der Waals surface area contributed by atoms with E-state index in [4.69, 9.17) is 16.6 Å². The zero-order valence-corrected chi connectivity index (χ0v) is 13.4. The molecule has 1 atom stereocenters. The van der Waals surface area contributed by atoms with Crippen LogP contribution in [0.4, 0.5) is 5.82 Å². The van der Waals surface area contributed by atoms with Gasteiger partial charge in [-0.1, -0.05) is 31.9 Å². The molecule has 20 heavy (non-hydrogen) atoms. The Labute approximate surface area is 126 Å². The van der Waals surface area contributed by atoms with E-state index in [1.807, 2.05) is 6.92 Å². The smallest absolute Gasteiger partial charge is 0.137 e. The third kappa shape index (κ3) is 3.08. The molecule has 2 saturated carbocycles. The van der Waals surface area contributed by atoms with Crippen LogP contribution in [0, 0.1) is 12.3 Å². The van der Waals surface area contributed by atoms with Gasteiger partial charge in [-0.05, 0) is 44.4 Å². The number of hydrogen-bond donors (Lipinski definition) is 1. The summed E-state index contributed by atoms with van der Waals surface area (Å²) in [6, 6.07) is 0.510. The SMILES string of the molecule is Cc1c(Cl)nc(C2CC2)nc1NC1CCCC(C)(C)C1. The highest BCUT2D eigenvalue weighted by atomic mass is 35.5. The molecule has 110 valence electrons. The molecule has 0 radical (unpaired) electrons. The van der Waals surface area contributed by atoms with Crippen molar-refractivity contribution < 1.29 is 0 Å². The summed E-state index contributed by atoms with van der Waals surface area (Å²) >= 11 is 6.27. The van der Waals surface area contributed by atoms with Gasteiger partial charge in [0.1, 0.15) is 16.8 Å². The summed E-state index contributed by atoms with van der Waals surface area (Å²) in [7, 11) is 0. The average Bonchev–Trinajstić information content (AvgIpc) is 3.17. The molecule has 1 N–H and O–H groups in total. The average molecular weight is 294 g/mol. The van der Waals surface area contributed by atoms with Crippen molar-refractivity contribution in [3.63, 3.8) is 0 Å². The number of nitrogens with one attached hydrogen (secondary N) is 1. The van der Waals surface area contributed by atoms with Crippen LogP contribution in [0.2, 0.25) is 5.15 Å². The van der Waals surface area contributed by atoms with Crippen LogP contribution >= 0.6 is 11.6 Å². The molecule has 3 nitrogen and oxygen atoms in total. The zero-order valence-electron chi connectivity index (χ0n) is 12.7. The maximum absolute atomic E-state index is 6.27. The molecular weight excluding hydrogens is 270 g/mol. The first kappa shape index (κ1) is 14.1. The van der Waals surface area contributed by atoms with E-state index in [1.54, 1.807) is 0 Å². The highest BCUT2D eigenvalue weighted by Crippen LogP contribution is 2.40. The monoisotopic (exact) mass is 293 g/mol. The third-order valence-corrected chi connectivity index (χ3v) is 4.96. The van der Waals surface area contributed by atoms with Gasteiger partial charge in [0.05, 0.1) is 0 Å². The Balaban J connectivity index is 1.79. The lowest BCUT2D eigenvalue weighted by Gasteiger charge is -2.36. The first-order valence-corrected chi connectivity index (χ1v) is 8.13. The van der Waals surface area contributed by atoms with Gasteiger partial charge in [0.25, 0.3) is 0 Å². The van der Waals surface area contributed by atoms with Crippen molar-refractivity contribution in [1.29, 1.82) is 0 Å². The fourth-order valence-corrected chi connectivity index (χ4v) is 3.36. The molecule has 1 aromatic heterocycles. The summed E-state index contributed by atoms with van der Waals surface area (Å²) in [6.45, 7) is 6.72. The van der Waals surface area contributed by atoms with Gasteiger partial charge in [0.2, 0.25) is 0 Å². The molecule has 0 bridgehead atoms. The third-order valence-electron chi connectivity index (χ3n) is 4.59. The number of aromatic nitrogens is 2. The molecule has 4 heteroatoms. The van der Waals surface area contributed by atoms with Crippen molar-refractivity contribution in [2.24, 2.45) is 5.41 Å². The normalized spacial score (nSPS) is 25.5. The van der Waals surface area contributed by atoms with E-state index >= 15 is 0 Å². The molecule has 0 amide bonds. The van der Waals surface area contributed by atoms with E-state index in [0.717, 1.165) is 17.2 Å². The van der Waals surface area contributed by atoms with E-state index in [-0.39, 0.29) is 0 Å². The number of halogens is 1. The lowest BCUT2D eigenvalue weighted by atomic mass is 9.75. The van der Waals surface area contributed by atoms with Crippen molar-refractivity contribution in [1.82, 2.24) is 9.97 Å². The van der Waals surface area contributed by atoms with E-state index in [9.17, 15) is 0 Å². The van der Waals surface area contributed by atoms with Crippen LogP contribution in [-0.2, 0) is 0 Å². The second-order valence-corrected chi connectivity index (χ2v) is 7.58. The lowest BCUT2D eigenvalue weighted by Crippen LogP contribution is -2.32. The fraction of sp³-hybridized carbons (Fsp3) is 0.750. The predicted octanol–water partition coefficient (Wildman–Crippen LogP) is 4.70. The molecule has 2 fully saturated rings. The molecule has 1 heterocycles. The molecule has 0 aromatic carbocycles. The summed E-state index contributed by atoms with van der Waals surface area (Å²) < 4.78 is 0. The van der Waals surface area contributed by atoms with Crippen LogP contribution in [0.1, 0.15) is 69.7 Å². The van der Waals surface area contributed by atoms with Crippen LogP contribution in [0.15, 0.2) is 0 Å². The van der Waals surface area contributed by atoms with Crippen LogP contribution < -0.4 is 5.32 Å². The van der Waals surface area contributed by atoms with Crippen LogP contribution in [0.5, 0.6) is 0 Å². The van der Waals surface area contributed by atoms with Crippen molar-refractivity contribution in [2.45, 2.75) is 71.3 Å². The molecule has 3 rings (SSSR count). The number of nitrogens with zero attached hydrogens (tertiary/aromatic N) is 2. The number of hydrogen-bond acceptors (Lipinski definition) is 3. The van der Waals surface area contributed by atoms with Crippen molar-refractivity contribution in [2.75, 3.05) is 5.32 Å². The number of rotatable bonds is 3. The highest BCUT2D eigenvalue weighted by Gasteiger charge is 2.30. The largest absolute Gasteiger partial charge is 0.367 e. The highest BCUT2D eigenvalue weighted by molar-refractivity contribution is 6.30. The van der Waals surface area contributed by atoms with E-state index < -0.39 is 0 Å². The van der Waals surface area contributed by atoms with Crippen LogP contribution in [0.25, 0.3) is 0 Å². The van der Waals surface area contributed by atoms with Gasteiger partial charge in [-0.25, -0.2) is 9.97 Å². The van der Waals surface area contributed by atoms with Crippen LogP contribution in [-0.4, -0.2) is 16.0 Å². The Bertz CT molecular complexity index is 509. The Morgan fingerprint density at radius 3 is 2.60 bits per heavy atom. The van der Waals surface area contributed by atoms with Crippen molar-refractivity contribution in [3.8, 4) is 0 Å². The zero-order chi connectivity index (χ0) is 14.3. The van der Waals surface area contributed by atoms with Gasteiger partial charge >= 0.3 is 0 Å². The predicted molar refractivity (Wildman–Crippen MR) is 83.4 cm³/mol. The second kappa shape index (κ2) is 5.18. The minimum absolute atomic E-state index is 0.431. The molecule has 0 saturated heterocycles. The van der Waals surface area contributed by atoms with Crippen molar-refractivity contribution in [3.05, 3.63) is 16.5 Å². The summed E-state index contributed by atoms with van der Waals surface area (Å²) in [4.78, 5) is 9.16. The topological polar surface area (TPSA) is 37.8 Å². The van der Waals surface area contributed by atoms with E-state index in [2.05, 4.69) is 24.1 Å². The minimum atomic E-state index is 0.431. The Kier molecular flexibility index (Phi) is 3.65. The van der Waals surface area contributed by atoms with E-state index in [1.165, 1.54) is 38.5 Å². The second-order valence-electron chi connectivity index (χ2n) is 7.22. The van der Waals surface area contributed by atoms with Crippen LogP contribution in [0.3, 0.4) is 0 Å². The quantitative estimate of drug-likeness (QED) is 0.821.